The summed E-state index contributed by atoms with van der Waals surface area (Å²) in [5.74, 6) is -1.79. The highest BCUT2D eigenvalue weighted by Gasteiger charge is 2.20. The molecule has 0 heterocycles. The van der Waals surface area contributed by atoms with Crippen molar-refractivity contribution >= 4 is 33.4 Å². The van der Waals surface area contributed by atoms with Crippen LogP contribution in [-0.4, -0.2) is 37.0 Å². The van der Waals surface area contributed by atoms with E-state index in [-0.39, 0.29) is 41.3 Å². The van der Waals surface area contributed by atoms with Gasteiger partial charge in [-0.2, -0.15) is 8.42 Å². The molecule has 0 aliphatic rings. The van der Waals surface area contributed by atoms with Gasteiger partial charge in [-0.3, -0.25) is 14.1 Å². The molecule has 0 saturated heterocycles. The van der Waals surface area contributed by atoms with E-state index in [0.717, 1.165) is 0 Å². The lowest BCUT2D eigenvalue weighted by atomic mass is 10.0. The van der Waals surface area contributed by atoms with Crippen molar-refractivity contribution in [1.29, 1.82) is 0 Å². The Hall–Kier alpha value is -1.90. The fourth-order valence-electron chi connectivity index (χ4n) is 1.81. The van der Waals surface area contributed by atoms with Crippen molar-refractivity contribution in [2.75, 3.05) is 12.4 Å². The van der Waals surface area contributed by atoms with Crippen molar-refractivity contribution < 1.29 is 27.3 Å². The third kappa shape index (κ3) is 6.01. The first-order valence-corrected chi connectivity index (χ1v) is 8.46. The minimum Gasteiger partial charge on any atom is -0.488 e. The maximum absolute atomic E-state index is 11.8. The second-order valence-corrected chi connectivity index (χ2v) is 6.58. The molecule has 0 bridgehead atoms. The van der Waals surface area contributed by atoms with Gasteiger partial charge in [0, 0.05) is 12.8 Å². The number of carbonyl (C=O) groups is 2. The normalized spacial score (nSPS) is 11.0. The summed E-state index contributed by atoms with van der Waals surface area (Å²) in [4.78, 5) is 23.4. The maximum atomic E-state index is 11.8. The standard InChI is InChI=1S/C14H16ClNO6S/c1-2-6-22-11-4-3-9(12(13(11)15)14(16)18)8-10(17)5-7-23(19,20)21/h2-4H,1,5-8H2,(H2,16,18)(H,19,20,21). The molecule has 0 radical (unpaired) electrons. The van der Waals surface area contributed by atoms with Gasteiger partial charge in [0.15, 0.2) is 0 Å². The van der Waals surface area contributed by atoms with Gasteiger partial charge >= 0.3 is 0 Å². The molecule has 1 aromatic carbocycles. The Morgan fingerprint density at radius 2 is 2.04 bits per heavy atom. The molecule has 126 valence electrons. The van der Waals surface area contributed by atoms with Gasteiger partial charge in [0.25, 0.3) is 16.0 Å². The first-order chi connectivity index (χ1) is 10.7. The van der Waals surface area contributed by atoms with E-state index in [4.69, 9.17) is 26.6 Å². The zero-order valence-electron chi connectivity index (χ0n) is 12.1. The minimum absolute atomic E-state index is 0.0283. The molecule has 9 heteroatoms. The highest BCUT2D eigenvalue weighted by molar-refractivity contribution is 7.85. The van der Waals surface area contributed by atoms with Crippen LogP contribution in [-0.2, 0) is 21.3 Å². The van der Waals surface area contributed by atoms with Crippen molar-refractivity contribution in [2.24, 2.45) is 5.73 Å². The van der Waals surface area contributed by atoms with Gasteiger partial charge in [-0.25, -0.2) is 0 Å². The molecule has 0 aliphatic carbocycles. The van der Waals surface area contributed by atoms with Gasteiger partial charge in [0.05, 0.1) is 16.3 Å². The van der Waals surface area contributed by atoms with Gasteiger partial charge < -0.3 is 10.5 Å². The summed E-state index contributed by atoms with van der Waals surface area (Å²) in [7, 11) is -4.23. The summed E-state index contributed by atoms with van der Waals surface area (Å²) in [6.45, 7) is 3.66. The Morgan fingerprint density at radius 1 is 1.39 bits per heavy atom. The van der Waals surface area contributed by atoms with Crippen LogP contribution in [0.1, 0.15) is 22.3 Å². The van der Waals surface area contributed by atoms with Crippen molar-refractivity contribution in [3.8, 4) is 5.75 Å². The molecule has 1 rings (SSSR count). The van der Waals surface area contributed by atoms with Crippen molar-refractivity contribution in [3.63, 3.8) is 0 Å². The molecule has 1 aromatic rings. The molecule has 3 N–H and O–H groups in total. The predicted octanol–water partition coefficient (Wildman–Crippen LogP) is 1.39. The van der Waals surface area contributed by atoms with Gasteiger partial charge in [0.2, 0.25) is 0 Å². The highest BCUT2D eigenvalue weighted by atomic mass is 35.5. The zero-order chi connectivity index (χ0) is 17.6. The smallest absolute Gasteiger partial charge is 0.265 e. The molecular formula is C14H16ClNO6S. The average molecular weight is 362 g/mol. The number of halogens is 1. The lowest BCUT2D eigenvalue weighted by Gasteiger charge is -2.12. The Morgan fingerprint density at radius 3 is 2.57 bits per heavy atom. The summed E-state index contributed by atoms with van der Waals surface area (Å²) in [5.41, 5.74) is 5.48. The molecule has 0 spiro atoms. The van der Waals surface area contributed by atoms with E-state index in [2.05, 4.69) is 6.58 Å². The van der Waals surface area contributed by atoms with Crippen LogP contribution in [0.3, 0.4) is 0 Å². The maximum Gasteiger partial charge on any atom is 0.265 e. The summed E-state index contributed by atoms with van der Waals surface area (Å²) < 4.78 is 35.2. The lowest BCUT2D eigenvalue weighted by molar-refractivity contribution is -0.118. The van der Waals surface area contributed by atoms with E-state index in [9.17, 15) is 18.0 Å². The van der Waals surface area contributed by atoms with Gasteiger partial charge in [-0.05, 0) is 11.6 Å². The Kier molecular flexibility index (Phi) is 6.74. The van der Waals surface area contributed by atoms with Gasteiger partial charge in [0.1, 0.15) is 18.1 Å². The van der Waals surface area contributed by atoms with E-state index in [1.807, 2.05) is 0 Å². The van der Waals surface area contributed by atoms with Crippen molar-refractivity contribution in [1.82, 2.24) is 0 Å². The molecule has 0 fully saturated rings. The van der Waals surface area contributed by atoms with Crippen LogP contribution < -0.4 is 10.5 Å². The average Bonchev–Trinajstić information content (AvgIpc) is 2.43. The number of hydrogen-bond acceptors (Lipinski definition) is 5. The van der Waals surface area contributed by atoms with E-state index < -0.39 is 27.6 Å². The molecule has 0 aromatic heterocycles. The number of benzene rings is 1. The topological polar surface area (TPSA) is 124 Å². The number of amides is 1. The Labute approximate surface area is 138 Å². The molecule has 23 heavy (non-hydrogen) atoms. The van der Waals surface area contributed by atoms with E-state index in [0.29, 0.717) is 0 Å². The van der Waals surface area contributed by atoms with Crippen molar-refractivity contribution in [3.05, 3.63) is 40.9 Å². The zero-order valence-corrected chi connectivity index (χ0v) is 13.7. The summed E-state index contributed by atoms with van der Waals surface area (Å²) in [6.07, 6.45) is 0.867. The predicted molar refractivity (Wildman–Crippen MR) is 85.4 cm³/mol. The number of rotatable bonds is 9. The SMILES string of the molecule is C=CCOc1ccc(CC(=O)CCS(=O)(=O)O)c(C(N)=O)c1Cl. The molecule has 0 saturated carbocycles. The molecule has 1 amide bonds. The Balaban J connectivity index is 3.02. The van der Waals surface area contributed by atoms with E-state index in [1.54, 1.807) is 0 Å². The van der Waals surface area contributed by atoms with Crippen LogP contribution in [0.25, 0.3) is 0 Å². The van der Waals surface area contributed by atoms with Crippen molar-refractivity contribution in [2.45, 2.75) is 12.8 Å². The summed E-state index contributed by atoms with van der Waals surface area (Å²) in [5, 5.41) is -0.0283. The first-order valence-electron chi connectivity index (χ1n) is 6.47. The van der Waals surface area contributed by atoms with E-state index >= 15 is 0 Å². The largest absolute Gasteiger partial charge is 0.488 e. The lowest BCUT2D eigenvalue weighted by Crippen LogP contribution is -2.18. The van der Waals surface area contributed by atoms with Crippen LogP contribution in [0, 0.1) is 0 Å². The van der Waals surface area contributed by atoms with Crippen LogP contribution in [0.5, 0.6) is 5.75 Å². The Bertz CT molecular complexity index is 729. The minimum atomic E-state index is -4.23. The fraction of sp³-hybridized carbons (Fsp3) is 0.286. The van der Waals surface area contributed by atoms with Gasteiger partial charge in [-0.15, -0.1) is 0 Å². The van der Waals surface area contributed by atoms with Crippen LogP contribution in [0.4, 0.5) is 0 Å². The molecule has 0 unspecified atom stereocenters. The summed E-state index contributed by atoms with van der Waals surface area (Å²) >= 11 is 6.07. The van der Waals surface area contributed by atoms with Crippen LogP contribution >= 0.6 is 11.6 Å². The quantitative estimate of drug-likeness (QED) is 0.506. The van der Waals surface area contributed by atoms with E-state index in [1.165, 1.54) is 18.2 Å². The first kappa shape index (κ1) is 19.1. The fourth-order valence-corrected chi connectivity index (χ4v) is 2.63. The third-order valence-corrected chi connectivity index (χ3v) is 3.92. The number of ether oxygens (including phenoxy) is 1. The highest BCUT2D eigenvalue weighted by Crippen LogP contribution is 2.31. The monoisotopic (exact) mass is 361 g/mol. The number of nitrogens with two attached hydrogens (primary N) is 1. The number of ketones is 1. The second kappa shape index (κ2) is 8.09. The third-order valence-electron chi connectivity index (χ3n) is 2.82. The number of hydrogen-bond donors (Lipinski definition) is 2. The molecule has 0 atom stereocenters. The second-order valence-electron chi connectivity index (χ2n) is 4.63. The van der Waals surface area contributed by atoms with Crippen LogP contribution in [0.2, 0.25) is 5.02 Å². The molecule has 0 aliphatic heterocycles. The van der Waals surface area contributed by atoms with Gasteiger partial charge in [-0.1, -0.05) is 30.3 Å². The number of Topliss-reactive ketones (excluding diaryl/α,β-unsaturated/α-hetero) is 1. The molecular weight excluding hydrogens is 346 g/mol. The van der Waals surface area contributed by atoms with Crippen LogP contribution in [0.15, 0.2) is 24.8 Å². The number of carbonyl (C=O) groups excluding carboxylic acids is 2. The number of primary amides is 1. The molecule has 7 nitrogen and oxygen atoms in total. The summed E-state index contributed by atoms with van der Waals surface area (Å²) in [6, 6.07) is 2.93.